The number of H-pyrrole nitrogens is 1. The van der Waals surface area contributed by atoms with Gasteiger partial charge in [0.15, 0.2) is 10.7 Å². The molecule has 7 nitrogen and oxygen atoms in total. The highest BCUT2D eigenvalue weighted by molar-refractivity contribution is 7.98. The van der Waals surface area contributed by atoms with Gasteiger partial charge in [-0.05, 0) is 25.0 Å². The summed E-state index contributed by atoms with van der Waals surface area (Å²) in [5, 5.41) is 7.23. The average molecular weight is 303 g/mol. The maximum atomic E-state index is 11.7. The lowest BCUT2D eigenvalue weighted by atomic mass is 10.3. The molecule has 3 N–H and O–H groups in total. The van der Waals surface area contributed by atoms with Crippen molar-refractivity contribution in [2.45, 2.75) is 29.8 Å². The molecule has 2 aromatic heterocycles. The fourth-order valence-electron chi connectivity index (χ4n) is 2.25. The van der Waals surface area contributed by atoms with Gasteiger partial charge in [0.25, 0.3) is 0 Å². The quantitative estimate of drug-likeness (QED) is 0.564. The van der Waals surface area contributed by atoms with E-state index in [1.54, 1.807) is 10.6 Å². The zero-order valence-corrected chi connectivity index (χ0v) is 11.9. The van der Waals surface area contributed by atoms with Crippen molar-refractivity contribution in [2.24, 2.45) is 0 Å². The van der Waals surface area contributed by atoms with Crippen molar-refractivity contribution in [3.05, 3.63) is 34.6 Å². The Labute approximate surface area is 123 Å². The van der Waals surface area contributed by atoms with Gasteiger partial charge in [-0.2, -0.15) is 0 Å². The van der Waals surface area contributed by atoms with Crippen LogP contribution in [0.3, 0.4) is 0 Å². The smallest absolute Gasteiger partial charge is 0.344 e. The van der Waals surface area contributed by atoms with E-state index in [-0.39, 0.29) is 11.7 Å². The molecular formula is C13H13N5O2S. The van der Waals surface area contributed by atoms with Crippen LogP contribution in [0.1, 0.15) is 24.8 Å². The maximum Gasteiger partial charge on any atom is 0.344 e. The highest BCUT2D eigenvalue weighted by atomic mass is 32.2. The molecule has 1 aliphatic rings. The minimum absolute atomic E-state index is 0.151. The zero-order chi connectivity index (χ0) is 14.4. The molecule has 3 aromatic rings. The molecule has 0 saturated heterocycles. The molecule has 2 heterocycles. The van der Waals surface area contributed by atoms with E-state index in [1.807, 2.05) is 12.1 Å². The lowest BCUT2D eigenvalue weighted by Gasteiger charge is -2.00. The van der Waals surface area contributed by atoms with E-state index in [1.165, 1.54) is 11.8 Å². The van der Waals surface area contributed by atoms with Crippen LogP contribution >= 0.6 is 11.8 Å². The van der Waals surface area contributed by atoms with Gasteiger partial charge < -0.3 is 10.2 Å². The first kappa shape index (κ1) is 12.5. The minimum atomic E-state index is -0.151. The summed E-state index contributed by atoms with van der Waals surface area (Å²) in [6, 6.07) is 5.75. The van der Waals surface area contributed by atoms with E-state index in [2.05, 4.69) is 15.2 Å². The number of nitrogens with zero attached hydrogens (tertiary/aromatic N) is 3. The number of hydrogen-bond acceptors (Lipinski definition) is 6. The van der Waals surface area contributed by atoms with Crippen molar-refractivity contribution < 1.29 is 4.42 Å². The van der Waals surface area contributed by atoms with E-state index in [4.69, 9.17) is 10.2 Å². The topological polar surface area (TPSA) is 103 Å². The predicted octanol–water partition coefficient (Wildman–Crippen LogP) is 1.92. The number of fused-ring (bicyclic) bond motifs is 1. The van der Waals surface area contributed by atoms with Crippen LogP contribution in [-0.2, 0) is 5.75 Å². The van der Waals surface area contributed by atoms with Gasteiger partial charge >= 0.3 is 5.69 Å². The lowest BCUT2D eigenvalue weighted by molar-refractivity contribution is 0.555. The number of aromatic amines is 1. The minimum Gasteiger partial charge on any atom is -0.440 e. The fourth-order valence-corrected chi connectivity index (χ4v) is 3.11. The summed E-state index contributed by atoms with van der Waals surface area (Å²) >= 11 is 1.43. The van der Waals surface area contributed by atoms with Crippen LogP contribution in [0.2, 0.25) is 0 Å². The van der Waals surface area contributed by atoms with Crippen LogP contribution in [-0.4, -0.2) is 19.7 Å². The number of thioether (sulfide) groups is 1. The van der Waals surface area contributed by atoms with Gasteiger partial charge in [-0.25, -0.2) is 14.9 Å². The molecule has 0 atom stereocenters. The SMILES string of the molecule is Nc1cccc2oc(CSc3n[nH]c(=O)n3C3CC3)nc12. The van der Waals surface area contributed by atoms with Gasteiger partial charge in [0.05, 0.1) is 11.4 Å². The molecule has 1 fully saturated rings. The number of benzene rings is 1. The Kier molecular flexibility index (Phi) is 2.78. The maximum absolute atomic E-state index is 11.7. The Bertz CT molecular complexity index is 861. The second-order valence-corrected chi connectivity index (χ2v) is 5.95. The molecule has 21 heavy (non-hydrogen) atoms. The van der Waals surface area contributed by atoms with Crippen LogP contribution < -0.4 is 11.4 Å². The van der Waals surface area contributed by atoms with Crippen molar-refractivity contribution in [1.29, 1.82) is 0 Å². The molecule has 1 saturated carbocycles. The summed E-state index contributed by atoms with van der Waals surface area (Å²) in [5.74, 6) is 1.08. The third kappa shape index (κ3) is 2.21. The van der Waals surface area contributed by atoms with Crippen molar-refractivity contribution in [3.8, 4) is 0 Å². The number of rotatable bonds is 4. The van der Waals surface area contributed by atoms with E-state index < -0.39 is 0 Å². The summed E-state index contributed by atoms with van der Waals surface area (Å²) in [4.78, 5) is 16.1. The van der Waals surface area contributed by atoms with Crippen molar-refractivity contribution in [2.75, 3.05) is 5.73 Å². The van der Waals surface area contributed by atoms with Gasteiger partial charge in [0, 0.05) is 6.04 Å². The van der Waals surface area contributed by atoms with Crippen molar-refractivity contribution in [1.82, 2.24) is 19.7 Å². The van der Waals surface area contributed by atoms with Crippen LogP contribution in [0.25, 0.3) is 11.1 Å². The highest BCUT2D eigenvalue weighted by Gasteiger charge is 2.28. The van der Waals surface area contributed by atoms with Gasteiger partial charge in [-0.1, -0.05) is 17.8 Å². The highest BCUT2D eigenvalue weighted by Crippen LogP contribution is 2.36. The summed E-state index contributed by atoms with van der Waals surface area (Å²) in [6.07, 6.45) is 2.07. The number of nitrogen functional groups attached to an aromatic ring is 1. The predicted molar refractivity (Wildman–Crippen MR) is 79.1 cm³/mol. The van der Waals surface area contributed by atoms with Crippen molar-refractivity contribution in [3.63, 3.8) is 0 Å². The Morgan fingerprint density at radius 1 is 1.48 bits per heavy atom. The number of hydrogen-bond donors (Lipinski definition) is 2. The number of nitrogens with two attached hydrogens (primary N) is 1. The second-order valence-electron chi connectivity index (χ2n) is 5.00. The monoisotopic (exact) mass is 303 g/mol. The first-order chi connectivity index (χ1) is 10.2. The largest absolute Gasteiger partial charge is 0.440 e. The van der Waals surface area contributed by atoms with E-state index in [9.17, 15) is 4.79 Å². The Balaban J connectivity index is 1.58. The van der Waals surface area contributed by atoms with Gasteiger partial charge in [0.1, 0.15) is 5.52 Å². The zero-order valence-electron chi connectivity index (χ0n) is 11.1. The summed E-state index contributed by atoms with van der Waals surface area (Å²) in [5.41, 5.74) is 7.66. The third-order valence-electron chi connectivity index (χ3n) is 3.40. The molecule has 0 unspecified atom stereocenters. The standard InChI is InChI=1S/C13H13N5O2S/c14-8-2-1-3-9-11(8)15-10(20-9)6-21-13-17-16-12(19)18(13)7-4-5-7/h1-3,7H,4-6,14H2,(H,16,19). The van der Waals surface area contributed by atoms with Crippen molar-refractivity contribution >= 4 is 28.5 Å². The summed E-state index contributed by atoms with van der Waals surface area (Å²) < 4.78 is 7.37. The number of para-hydroxylation sites is 1. The fraction of sp³-hybridized carbons (Fsp3) is 0.308. The molecule has 0 aliphatic heterocycles. The Morgan fingerprint density at radius 3 is 3.10 bits per heavy atom. The van der Waals surface area contributed by atoms with Gasteiger partial charge in [0.2, 0.25) is 5.89 Å². The number of aromatic nitrogens is 4. The molecule has 4 rings (SSSR count). The number of nitrogens with one attached hydrogen (secondary N) is 1. The lowest BCUT2D eigenvalue weighted by Crippen LogP contribution is -2.16. The second kappa shape index (κ2) is 4.66. The summed E-state index contributed by atoms with van der Waals surface area (Å²) in [7, 11) is 0. The van der Waals surface area contributed by atoms with E-state index in [0.29, 0.717) is 33.6 Å². The third-order valence-corrected chi connectivity index (χ3v) is 4.34. The Hall–Kier alpha value is -2.22. The van der Waals surface area contributed by atoms with Crippen LogP contribution in [0.15, 0.2) is 32.6 Å². The molecule has 0 bridgehead atoms. The molecule has 108 valence electrons. The van der Waals surface area contributed by atoms with Crippen LogP contribution in [0.4, 0.5) is 5.69 Å². The number of oxazole rings is 1. The van der Waals surface area contributed by atoms with Gasteiger partial charge in [-0.15, -0.1) is 5.10 Å². The molecule has 0 radical (unpaired) electrons. The molecule has 8 heteroatoms. The van der Waals surface area contributed by atoms with Crippen LogP contribution in [0, 0.1) is 0 Å². The normalized spacial score (nSPS) is 14.9. The molecule has 0 amide bonds. The molecular weight excluding hydrogens is 290 g/mol. The first-order valence-corrected chi connectivity index (χ1v) is 7.64. The molecule has 1 aliphatic carbocycles. The number of anilines is 1. The summed E-state index contributed by atoms with van der Waals surface area (Å²) in [6.45, 7) is 0. The first-order valence-electron chi connectivity index (χ1n) is 6.66. The molecule has 0 spiro atoms. The average Bonchev–Trinajstić information content (AvgIpc) is 3.09. The van der Waals surface area contributed by atoms with E-state index in [0.717, 1.165) is 12.8 Å². The molecule has 1 aromatic carbocycles. The van der Waals surface area contributed by atoms with Gasteiger partial charge in [-0.3, -0.25) is 4.57 Å². The van der Waals surface area contributed by atoms with E-state index >= 15 is 0 Å². The Morgan fingerprint density at radius 2 is 2.33 bits per heavy atom. The van der Waals surface area contributed by atoms with Crippen LogP contribution in [0.5, 0.6) is 0 Å².